The van der Waals surface area contributed by atoms with Crippen LogP contribution in [0.2, 0.25) is 5.02 Å². The first-order valence-corrected chi connectivity index (χ1v) is 9.23. The molecule has 134 valence electrons. The van der Waals surface area contributed by atoms with Gasteiger partial charge in [0.1, 0.15) is 5.58 Å². The summed E-state index contributed by atoms with van der Waals surface area (Å²) in [7, 11) is 0. The maximum absolute atomic E-state index is 12.2. The van der Waals surface area contributed by atoms with Crippen molar-refractivity contribution in [2.24, 2.45) is 0 Å². The Hall–Kier alpha value is -2.30. The third-order valence-corrected chi connectivity index (χ3v) is 5.41. The fourth-order valence-corrected chi connectivity index (χ4v) is 3.57. The number of benzene rings is 2. The first-order chi connectivity index (χ1) is 12.6. The molecule has 4 rings (SSSR count). The summed E-state index contributed by atoms with van der Waals surface area (Å²) in [6, 6.07) is 15.8. The third-order valence-electron chi connectivity index (χ3n) is 5.00. The van der Waals surface area contributed by atoms with Crippen molar-refractivity contribution in [3.8, 4) is 0 Å². The highest BCUT2D eigenvalue weighted by molar-refractivity contribution is 6.31. The smallest absolute Gasteiger partial charge is 0.340 e. The summed E-state index contributed by atoms with van der Waals surface area (Å²) in [6.07, 6.45) is 0. The van der Waals surface area contributed by atoms with Crippen LogP contribution in [0, 0.1) is 6.92 Å². The average Bonchev–Trinajstić information content (AvgIpc) is 2.65. The minimum Gasteiger partial charge on any atom is -0.422 e. The van der Waals surface area contributed by atoms with E-state index in [1.54, 1.807) is 0 Å². The normalized spacial score (nSPS) is 15.5. The van der Waals surface area contributed by atoms with Crippen LogP contribution in [0.25, 0.3) is 11.0 Å². The summed E-state index contributed by atoms with van der Waals surface area (Å²) in [5.74, 6) is 0. The van der Waals surface area contributed by atoms with Gasteiger partial charge in [0.15, 0.2) is 0 Å². The van der Waals surface area contributed by atoms with Gasteiger partial charge in [-0.15, -0.1) is 0 Å². The van der Waals surface area contributed by atoms with E-state index in [0.717, 1.165) is 53.4 Å². The molecule has 1 aliphatic heterocycles. The maximum atomic E-state index is 12.2. The summed E-state index contributed by atoms with van der Waals surface area (Å²) in [5.41, 5.74) is 3.37. The molecule has 0 atom stereocenters. The second kappa shape index (κ2) is 7.14. The second-order valence-corrected chi connectivity index (χ2v) is 7.20. The van der Waals surface area contributed by atoms with Gasteiger partial charge < -0.3 is 9.32 Å². The number of piperazine rings is 1. The van der Waals surface area contributed by atoms with E-state index in [9.17, 15) is 4.79 Å². The summed E-state index contributed by atoms with van der Waals surface area (Å²) < 4.78 is 5.44. The molecule has 0 bridgehead atoms. The molecule has 26 heavy (non-hydrogen) atoms. The molecule has 4 nitrogen and oxygen atoms in total. The number of rotatable bonds is 3. The van der Waals surface area contributed by atoms with Crippen LogP contribution in [0.1, 0.15) is 11.1 Å². The largest absolute Gasteiger partial charge is 0.422 e. The van der Waals surface area contributed by atoms with Crippen molar-refractivity contribution < 1.29 is 4.42 Å². The lowest BCUT2D eigenvalue weighted by atomic mass is 10.1. The molecule has 1 aliphatic rings. The monoisotopic (exact) mass is 368 g/mol. The Morgan fingerprint density at radius 1 is 1.04 bits per heavy atom. The molecule has 0 radical (unpaired) electrons. The van der Waals surface area contributed by atoms with Gasteiger partial charge in [-0.05, 0) is 36.8 Å². The van der Waals surface area contributed by atoms with Gasteiger partial charge in [-0.3, -0.25) is 4.90 Å². The number of nitrogens with zero attached hydrogens (tertiary/aromatic N) is 2. The standard InChI is InChI=1S/C21H21ClN2O2/c1-15-6-7-18(13-19(15)22)24-10-8-23(9-11-24)14-17-12-16-4-2-3-5-20(16)26-21(17)25/h2-7,12-13H,8-11,14H2,1H3. The minimum atomic E-state index is -0.239. The van der Waals surface area contributed by atoms with Crippen molar-refractivity contribution in [2.75, 3.05) is 31.1 Å². The van der Waals surface area contributed by atoms with Gasteiger partial charge >= 0.3 is 5.63 Å². The summed E-state index contributed by atoms with van der Waals surface area (Å²) >= 11 is 6.25. The van der Waals surface area contributed by atoms with E-state index in [4.69, 9.17) is 16.0 Å². The molecular formula is C21H21ClN2O2. The third kappa shape index (κ3) is 3.48. The van der Waals surface area contributed by atoms with Gasteiger partial charge in [0.25, 0.3) is 0 Å². The van der Waals surface area contributed by atoms with Gasteiger partial charge in [-0.25, -0.2) is 4.79 Å². The molecule has 0 spiro atoms. The van der Waals surface area contributed by atoms with E-state index in [1.807, 2.05) is 43.3 Å². The van der Waals surface area contributed by atoms with E-state index in [2.05, 4.69) is 21.9 Å². The first kappa shape index (κ1) is 17.1. The highest BCUT2D eigenvalue weighted by atomic mass is 35.5. The van der Waals surface area contributed by atoms with Gasteiger partial charge in [0.05, 0.1) is 5.56 Å². The molecule has 5 heteroatoms. The second-order valence-electron chi connectivity index (χ2n) is 6.79. The van der Waals surface area contributed by atoms with Gasteiger partial charge in [-0.2, -0.15) is 0 Å². The maximum Gasteiger partial charge on any atom is 0.340 e. The summed E-state index contributed by atoms with van der Waals surface area (Å²) in [5, 5.41) is 1.77. The highest BCUT2D eigenvalue weighted by Gasteiger charge is 2.19. The van der Waals surface area contributed by atoms with Crippen LogP contribution in [0.3, 0.4) is 0 Å². The predicted octanol–water partition coefficient (Wildman–Crippen LogP) is 4.08. The molecule has 0 unspecified atom stereocenters. The molecule has 3 aromatic rings. The number of halogens is 1. The first-order valence-electron chi connectivity index (χ1n) is 8.85. The van der Waals surface area contributed by atoms with Crippen LogP contribution < -0.4 is 10.5 Å². The van der Waals surface area contributed by atoms with Crippen LogP contribution in [0.15, 0.2) is 57.7 Å². The lowest BCUT2D eigenvalue weighted by Gasteiger charge is -2.36. The SMILES string of the molecule is Cc1ccc(N2CCN(Cc3cc4ccccc4oc3=O)CC2)cc1Cl. The Morgan fingerprint density at radius 3 is 2.58 bits per heavy atom. The molecule has 1 saturated heterocycles. The van der Waals surface area contributed by atoms with Crippen molar-refractivity contribution in [2.45, 2.75) is 13.5 Å². The quantitative estimate of drug-likeness (QED) is 0.653. The lowest BCUT2D eigenvalue weighted by Crippen LogP contribution is -2.46. The number of hydrogen-bond donors (Lipinski definition) is 0. The van der Waals surface area contributed by atoms with Gasteiger partial charge in [0, 0.05) is 48.8 Å². The Kier molecular flexibility index (Phi) is 4.70. The van der Waals surface area contributed by atoms with Crippen LogP contribution in [0.5, 0.6) is 0 Å². The zero-order valence-corrected chi connectivity index (χ0v) is 15.5. The van der Waals surface area contributed by atoms with Crippen molar-refractivity contribution in [1.29, 1.82) is 0 Å². The number of hydrogen-bond acceptors (Lipinski definition) is 4. The van der Waals surface area contributed by atoms with E-state index in [0.29, 0.717) is 12.1 Å². The van der Waals surface area contributed by atoms with Crippen molar-refractivity contribution in [3.05, 3.63) is 75.1 Å². The molecule has 2 heterocycles. The van der Waals surface area contributed by atoms with E-state index in [1.165, 1.54) is 0 Å². The van der Waals surface area contributed by atoms with Crippen molar-refractivity contribution >= 4 is 28.3 Å². The Morgan fingerprint density at radius 2 is 1.81 bits per heavy atom. The van der Waals surface area contributed by atoms with Crippen molar-refractivity contribution in [3.63, 3.8) is 0 Å². The molecule has 0 aliphatic carbocycles. The number of aryl methyl sites for hydroxylation is 1. The van der Waals surface area contributed by atoms with Crippen LogP contribution in [-0.4, -0.2) is 31.1 Å². The summed E-state index contributed by atoms with van der Waals surface area (Å²) in [6.45, 7) is 6.26. The predicted molar refractivity (Wildman–Crippen MR) is 106 cm³/mol. The van der Waals surface area contributed by atoms with E-state index < -0.39 is 0 Å². The fraction of sp³-hybridized carbons (Fsp3) is 0.286. The molecule has 0 N–H and O–H groups in total. The molecule has 1 fully saturated rings. The Labute approximate surface area is 157 Å². The van der Waals surface area contributed by atoms with E-state index in [-0.39, 0.29) is 5.63 Å². The van der Waals surface area contributed by atoms with Gasteiger partial charge in [-0.1, -0.05) is 35.9 Å². The van der Waals surface area contributed by atoms with Crippen LogP contribution in [-0.2, 0) is 6.54 Å². The highest BCUT2D eigenvalue weighted by Crippen LogP contribution is 2.24. The summed E-state index contributed by atoms with van der Waals surface area (Å²) in [4.78, 5) is 16.9. The van der Waals surface area contributed by atoms with Crippen LogP contribution >= 0.6 is 11.6 Å². The number of fused-ring (bicyclic) bond motifs is 1. The number of para-hydroxylation sites is 1. The molecule has 0 amide bonds. The topological polar surface area (TPSA) is 36.7 Å². The van der Waals surface area contributed by atoms with Gasteiger partial charge in [0.2, 0.25) is 0 Å². The average molecular weight is 369 g/mol. The minimum absolute atomic E-state index is 0.239. The zero-order chi connectivity index (χ0) is 18.1. The molecule has 2 aromatic carbocycles. The lowest BCUT2D eigenvalue weighted by molar-refractivity contribution is 0.247. The van der Waals surface area contributed by atoms with E-state index >= 15 is 0 Å². The zero-order valence-electron chi connectivity index (χ0n) is 14.7. The van der Waals surface area contributed by atoms with Crippen molar-refractivity contribution in [1.82, 2.24) is 4.90 Å². The Balaban J connectivity index is 1.44. The molecule has 1 aromatic heterocycles. The fourth-order valence-electron chi connectivity index (χ4n) is 3.40. The van der Waals surface area contributed by atoms with Crippen LogP contribution in [0.4, 0.5) is 5.69 Å². The molecular weight excluding hydrogens is 348 g/mol. The Bertz CT molecular complexity index is 991. The molecule has 0 saturated carbocycles. The number of anilines is 1.